The van der Waals surface area contributed by atoms with Crippen LogP contribution in [0.5, 0.6) is 0 Å². The van der Waals surface area contributed by atoms with Crippen molar-refractivity contribution in [2.24, 2.45) is 5.73 Å². The second-order valence-corrected chi connectivity index (χ2v) is 7.01. The predicted octanol–water partition coefficient (Wildman–Crippen LogP) is 2.88. The summed E-state index contributed by atoms with van der Waals surface area (Å²) in [5.74, 6) is 0. The van der Waals surface area contributed by atoms with Crippen LogP contribution in [0, 0.1) is 0 Å². The van der Waals surface area contributed by atoms with Gasteiger partial charge in [-0.1, -0.05) is 46.3 Å². The number of hydrogen-bond acceptors (Lipinski definition) is 3. The quantitative estimate of drug-likeness (QED) is 0.811. The van der Waals surface area contributed by atoms with E-state index in [1.54, 1.807) is 36.4 Å². The lowest BCUT2D eigenvalue weighted by Crippen LogP contribution is -2.18. The highest BCUT2D eigenvalue weighted by molar-refractivity contribution is 9.10. The van der Waals surface area contributed by atoms with Crippen molar-refractivity contribution in [3.05, 3.63) is 58.6 Å². The van der Waals surface area contributed by atoms with Gasteiger partial charge < -0.3 is 5.73 Å². The van der Waals surface area contributed by atoms with Gasteiger partial charge >= 0.3 is 0 Å². The van der Waals surface area contributed by atoms with E-state index in [0.29, 0.717) is 11.3 Å². The highest BCUT2D eigenvalue weighted by Gasteiger charge is 2.16. The summed E-state index contributed by atoms with van der Waals surface area (Å²) >= 11 is 8.22. The molecule has 0 aliphatic carbocycles. The predicted molar refractivity (Wildman–Crippen MR) is 87.3 cm³/mol. The molecule has 0 saturated carbocycles. The molecule has 0 aromatic heterocycles. The van der Waals surface area contributed by atoms with Gasteiger partial charge in [0.05, 0.1) is 10.6 Å². The summed E-state index contributed by atoms with van der Waals surface area (Å²) in [7, 11) is -3.67. The number of nitrogens with one attached hydrogen (secondary N) is 1. The van der Waals surface area contributed by atoms with Gasteiger partial charge in [-0.15, -0.1) is 0 Å². The molecule has 2 aromatic carbocycles. The molecule has 0 spiro atoms. The van der Waals surface area contributed by atoms with E-state index in [4.69, 9.17) is 18.0 Å². The van der Waals surface area contributed by atoms with Crippen LogP contribution in [0.1, 0.15) is 5.56 Å². The SMILES string of the molecule is NC(=S)c1ccc(Br)cc1NS(=O)(=O)c1ccccc1. The molecule has 0 amide bonds. The van der Waals surface area contributed by atoms with Crippen LogP contribution in [-0.2, 0) is 10.0 Å². The Kier molecular flexibility index (Phi) is 4.42. The zero-order chi connectivity index (χ0) is 14.8. The maximum Gasteiger partial charge on any atom is 0.261 e. The van der Waals surface area contributed by atoms with E-state index < -0.39 is 10.0 Å². The summed E-state index contributed by atoms with van der Waals surface area (Å²) in [4.78, 5) is 0.303. The molecule has 0 aliphatic rings. The average molecular weight is 371 g/mol. The Balaban J connectivity index is 2.44. The number of anilines is 1. The molecule has 0 heterocycles. The molecule has 3 N–H and O–H groups in total. The number of sulfonamides is 1. The zero-order valence-electron chi connectivity index (χ0n) is 10.2. The van der Waals surface area contributed by atoms with Crippen molar-refractivity contribution in [2.75, 3.05) is 4.72 Å². The summed E-state index contributed by atoms with van der Waals surface area (Å²) in [6.45, 7) is 0. The number of rotatable bonds is 4. The maximum absolute atomic E-state index is 12.3. The van der Waals surface area contributed by atoms with Gasteiger partial charge in [-0.3, -0.25) is 4.72 Å². The van der Waals surface area contributed by atoms with Gasteiger partial charge in [-0.2, -0.15) is 0 Å². The number of thiocarbonyl (C=S) groups is 1. The second kappa shape index (κ2) is 5.90. The minimum atomic E-state index is -3.67. The van der Waals surface area contributed by atoms with Crippen molar-refractivity contribution < 1.29 is 8.42 Å². The van der Waals surface area contributed by atoms with Gasteiger partial charge in [-0.05, 0) is 30.3 Å². The minimum Gasteiger partial charge on any atom is -0.389 e. The lowest BCUT2D eigenvalue weighted by Gasteiger charge is -2.12. The Bertz CT molecular complexity index is 746. The molecule has 0 fully saturated rings. The van der Waals surface area contributed by atoms with Crippen LogP contribution in [0.15, 0.2) is 57.9 Å². The normalized spacial score (nSPS) is 11.1. The topological polar surface area (TPSA) is 72.2 Å². The smallest absolute Gasteiger partial charge is 0.261 e. The highest BCUT2D eigenvalue weighted by Crippen LogP contribution is 2.24. The molecule has 0 radical (unpaired) electrons. The lowest BCUT2D eigenvalue weighted by atomic mass is 10.2. The zero-order valence-corrected chi connectivity index (χ0v) is 13.4. The molecular weight excluding hydrogens is 360 g/mol. The molecular formula is C13H11BrN2O2S2. The fourth-order valence-corrected chi connectivity index (χ4v) is 3.25. The van der Waals surface area contributed by atoms with Gasteiger partial charge in [-0.25, -0.2) is 8.42 Å². The van der Waals surface area contributed by atoms with Crippen LogP contribution in [0.25, 0.3) is 0 Å². The summed E-state index contributed by atoms with van der Waals surface area (Å²) in [6.07, 6.45) is 0. The number of hydrogen-bond donors (Lipinski definition) is 2. The Labute approximate surface area is 131 Å². The van der Waals surface area contributed by atoms with Crippen LogP contribution < -0.4 is 10.5 Å². The summed E-state index contributed by atoms with van der Waals surface area (Å²) in [6, 6.07) is 13.1. The molecule has 0 unspecified atom stereocenters. The molecule has 0 saturated heterocycles. The molecule has 2 aromatic rings. The van der Waals surface area contributed by atoms with E-state index in [9.17, 15) is 8.42 Å². The first-order valence-corrected chi connectivity index (χ1v) is 8.26. The average Bonchev–Trinajstić information content (AvgIpc) is 2.39. The standard InChI is InChI=1S/C13H11BrN2O2S2/c14-9-6-7-11(13(15)19)12(8-9)16-20(17,18)10-4-2-1-3-5-10/h1-8,16H,(H2,15,19). The van der Waals surface area contributed by atoms with E-state index in [2.05, 4.69) is 20.7 Å². The summed E-state index contributed by atoms with van der Waals surface area (Å²) in [5.41, 5.74) is 6.42. The lowest BCUT2D eigenvalue weighted by molar-refractivity contribution is 0.601. The Morgan fingerprint density at radius 3 is 2.40 bits per heavy atom. The molecule has 7 heteroatoms. The van der Waals surface area contributed by atoms with E-state index >= 15 is 0 Å². The molecule has 104 valence electrons. The number of halogens is 1. The van der Waals surface area contributed by atoms with Crippen molar-refractivity contribution in [3.8, 4) is 0 Å². The van der Waals surface area contributed by atoms with Crippen molar-refractivity contribution in [3.63, 3.8) is 0 Å². The van der Waals surface area contributed by atoms with Gasteiger partial charge in [0.2, 0.25) is 0 Å². The molecule has 4 nitrogen and oxygen atoms in total. The molecule has 0 bridgehead atoms. The van der Waals surface area contributed by atoms with Crippen molar-refractivity contribution in [1.82, 2.24) is 0 Å². The van der Waals surface area contributed by atoms with Crippen LogP contribution >= 0.6 is 28.1 Å². The summed E-state index contributed by atoms with van der Waals surface area (Å²) < 4.78 is 27.8. The monoisotopic (exact) mass is 370 g/mol. The first-order chi connectivity index (χ1) is 9.40. The first-order valence-electron chi connectivity index (χ1n) is 5.57. The van der Waals surface area contributed by atoms with Crippen LogP contribution in [0.3, 0.4) is 0 Å². The third-order valence-electron chi connectivity index (χ3n) is 2.54. The van der Waals surface area contributed by atoms with Gasteiger partial charge in [0, 0.05) is 10.0 Å². The Morgan fingerprint density at radius 1 is 1.15 bits per heavy atom. The summed E-state index contributed by atoms with van der Waals surface area (Å²) in [5, 5.41) is 0. The fourth-order valence-electron chi connectivity index (χ4n) is 1.62. The van der Waals surface area contributed by atoms with E-state index in [1.807, 2.05) is 0 Å². The molecule has 2 rings (SSSR count). The Morgan fingerprint density at radius 2 is 1.80 bits per heavy atom. The van der Waals surface area contributed by atoms with Gasteiger partial charge in [0.15, 0.2) is 0 Å². The molecule has 0 aliphatic heterocycles. The van der Waals surface area contributed by atoms with Gasteiger partial charge in [0.1, 0.15) is 4.99 Å². The Hall–Kier alpha value is -1.44. The third-order valence-corrected chi connectivity index (χ3v) is 4.64. The number of benzene rings is 2. The maximum atomic E-state index is 12.3. The number of nitrogens with two attached hydrogens (primary N) is 1. The van der Waals surface area contributed by atoms with Crippen molar-refractivity contribution >= 4 is 48.8 Å². The van der Waals surface area contributed by atoms with E-state index in [-0.39, 0.29) is 9.88 Å². The molecule has 20 heavy (non-hydrogen) atoms. The van der Waals surface area contributed by atoms with Crippen LogP contribution in [0.2, 0.25) is 0 Å². The fraction of sp³-hybridized carbons (Fsp3) is 0. The van der Waals surface area contributed by atoms with E-state index in [1.165, 1.54) is 12.1 Å². The van der Waals surface area contributed by atoms with Crippen molar-refractivity contribution in [2.45, 2.75) is 4.90 Å². The van der Waals surface area contributed by atoms with E-state index in [0.717, 1.165) is 4.47 Å². The van der Waals surface area contributed by atoms with Crippen molar-refractivity contribution in [1.29, 1.82) is 0 Å². The highest BCUT2D eigenvalue weighted by atomic mass is 79.9. The minimum absolute atomic E-state index is 0.128. The molecule has 0 atom stereocenters. The van der Waals surface area contributed by atoms with Crippen LogP contribution in [0.4, 0.5) is 5.69 Å². The first kappa shape index (κ1) is 15.0. The largest absolute Gasteiger partial charge is 0.389 e. The van der Waals surface area contributed by atoms with Gasteiger partial charge in [0.25, 0.3) is 10.0 Å². The third kappa shape index (κ3) is 3.36. The van der Waals surface area contributed by atoms with Crippen LogP contribution in [-0.4, -0.2) is 13.4 Å². The second-order valence-electron chi connectivity index (χ2n) is 3.97.